The lowest BCUT2D eigenvalue weighted by Gasteiger charge is -2.32. The van der Waals surface area contributed by atoms with E-state index in [0.29, 0.717) is 11.5 Å². The predicted molar refractivity (Wildman–Crippen MR) is 78.7 cm³/mol. The van der Waals surface area contributed by atoms with Crippen LogP contribution in [0.2, 0.25) is 0 Å². The second-order valence-electron chi connectivity index (χ2n) is 5.06. The van der Waals surface area contributed by atoms with E-state index in [-0.39, 0.29) is 11.9 Å². The first-order valence-electron chi connectivity index (χ1n) is 6.99. The van der Waals surface area contributed by atoms with Gasteiger partial charge in [-0.3, -0.25) is 0 Å². The van der Waals surface area contributed by atoms with Gasteiger partial charge in [-0.25, -0.2) is 4.39 Å². The second kappa shape index (κ2) is 7.36. The summed E-state index contributed by atoms with van der Waals surface area (Å²) in [7, 11) is 0. The molecule has 0 bridgehead atoms. The van der Waals surface area contributed by atoms with E-state index in [2.05, 4.69) is 28.2 Å². The van der Waals surface area contributed by atoms with Crippen molar-refractivity contribution < 1.29 is 9.13 Å². The van der Waals surface area contributed by atoms with Crippen LogP contribution in [0, 0.1) is 11.7 Å². The molecule has 0 aromatic heterocycles. The molecule has 2 atom stereocenters. The van der Waals surface area contributed by atoms with Crippen LogP contribution in [-0.2, 0) is 4.74 Å². The predicted octanol–water partition coefficient (Wildman–Crippen LogP) is 4.06. The third-order valence-corrected chi connectivity index (χ3v) is 4.04. The Morgan fingerprint density at radius 1 is 1.47 bits per heavy atom. The van der Waals surface area contributed by atoms with Gasteiger partial charge in [-0.1, -0.05) is 28.9 Å². The highest BCUT2D eigenvalue weighted by molar-refractivity contribution is 9.10. The van der Waals surface area contributed by atoms with Crippen molar-refractivity contribution in [2.75, 3.05) is 19.7 Å². The number of hydrogen-bond donors (Lipinski definition) is 1. The molecule has 0 radical (unpaired) electrons. The van der Waals surface area contributed by atoms with Gasteiger partial charge in [0.15, 0.2) is 0 Å². The van der Waals surface area contributed by atoms with E-state index in [1.54, 1.807) is 0 Å². The van der Waals surface area contributed by atoms with E-state index in [1.165, 1.54) is 6.07 Å². The van der Waals surface area contributed by atoms with Crippen LogP contribution in [0.4, 0.5) is 4.39 Å². The molecule has 0 saturated carbocycles. The van der Waals surface area contributed by atoms with Gasteiger partial charge in [0, 0.05) is 29.1 Å². The summed E-state index contributed by atoms with van der Waals surface area (Å²) in [6, 6.07) is 5.24. The van der Waals surface area contributed by atoms with Gasteiger partial charge in [0.2, 0.25) is 0 Å². The number of hydrogen-bond acceptors (Lipinski definition) is 2. The summed E-state index contributed by atoms with van der Waals surface area (Å²) in [5.74, 6) is 0.178. The van der Waals surface area contributed by atoms with Crippen molar-refractivity contribution in [3.05, 3.63) is 34.1 Å². The molecule has 1 heterocycles. The molecule has 1 saturated heterocycles. The van der Waals surface area contributed by atoms with E-state index < -0.39 is 0 Å². The van der Waals surface area contributed by atoms with E-state index in [1.807, 2.05) is 12.1 Å². The molecule has 2 unspecified atom stereocenters. The summed E-state index contributed by atoms with van der Waals surface area (Å²) in [6.07, 6.45) is 3.15. The maximum absolute atomic E-state index is 14.1. The normalized spacial score (nSPS) is 23.5. The van der Waals surface area contributed by atoms with Gasteiger partial charge in [-0.15, -0.1) is 0 Å². The molecule has 1 aliphatic heterocycles. The first-order chi connectivity index (χ1) is 9.22. The maximum Gasteiger partial charge on any atom is 0.130 e. The Morgan fingerprint density at radius 3 is 3.05 bits per heavy atom. The molecular weight excluding hydrogens is 309 g/mol. The minimum absolute atomic E-state index is 0.119. The van der Waals surface area contributed by atoms with Crippen molar-refractivity contribution in [3.8, 4) is 0 Å². The summed E-state index contributed by atoms with van der Waals surface area (Å²) < 4.78 is 20.7. The quantitative estimate of drug-likeness (QED) is 0.822. The van der Waals surface area contributed by atoms with Crippen LogP contribution in [0.5, 0.6) is 0 Å². The van der Waals surface area contributed by atoms with Crippen molar-refractivity contribution in [1.29, 1.82) is 0 Å². The standard InChI is InChI=1S/C15H21BrFNO/c1-2-7-18-10-11-4-3-8-19-15(11)13-6-5-12(16)9-14(13)17/h5-6,9,11,15,18H,2-4,7-8,10H2,1H3. The zero-order chi connectivity index (χ0) is 13.7. The topological polar surface area (TPSA) is 21.3 Å². The Hall–Kier alpha value is -0.450. The average Bonchev–Trinajstić information content (AvgIpc) is 2.40. The molecule has 1 aliphatic rings. The molecule has 0 spiro atoms. The van der Waals surface area contributed by atoms with Crippen LogP contribution in [-0.4, -0.2) is 19.7 Å². The van der Waals surface area contributed by atoms with Gasteiger partial charge < -0.3 is 10.1 Å². The number of rotatable bonds is 5. The highest BCUT2D eigenvalue weighted by atomic mass is 79.9. The fraction of sp³-hybridized carbons (Fsp3) is 0.600. The van der Waals surface area contributed by atoms with Crippen LogP contribution in [0.25, 0.3) is 0 Å². The summed E-state index contributed by atoms with van der Waals surface area (Å²) in [6.45, 7) is 4.78. The van der Waals surface area contributed by atoms with Crippen LogP contribution >= 0.6 is 15.9 Å². The minimum Gasteiger partial charge on any atom is -0.373 e. The van der Waals surface area contributed by atoms with E-state index in [0.717, 1.165) is 43.4 Å². The SMILES string of the molecule is CCCNCC1CCCOC1c1ccc(Br)cc1F. The molecule has 2 rings (SSSR count). The molecule has 0 amide bonds. The number of ether oxygens (including phenoxy) is 1. The zero-order valence-electron chi connectivity index (χ0n) is 11.3. The molecule has 1 N–H and O–H groups in total. The Balaban J connectivity index is 2.09. The smallest absolute Gasteiger partial charge is 0.130 e. The Bertz CT molecular complexity index is 413. The van der Waals surface area contributed by atoms with Gasteiger partial charge in [0.25, 0.3) is 0 Å². The summed E-state index contributed by atoms with van der Waals surface area (Å²) >= 11 is 3.29. The van der Waals surface area contributed by atoms with Crippen LogP contribution in [0.1, 0.15) is 37.9 Å². The van der Waals surface area contributed by atoms with Crippen LogP contribution < -0.4 is 5.32 Å². The summed E-state index contributed by atoms with van der Waals surface area (Å²) in [5, 5.41) is 3.42. The number of halogens is 2. The Morgan fingerprint density at radius 2 is 2.32 bits per heavy atom. The molecule has 19 heavy (non-hydrogen) atoms. The fourth-order valence-corrected chi connectivity index (χ4v) is 2.93. The van der Waals surface area contributed by atoms with Crippen molar-refractivity contribution in [2.45, 2.75) is 32.3 Å². The summed E-state index contributed by atoms with van der Waals surface area (Å²) in [5.41, 5.74) is 0.686. The van der Waals surface area contributed by atoms with Crippen LogP contribution in [0.3, 0.4) is 0 Å². The van der Waals surface area contributed by atoms with Crippen molar-refractivity contribution >= 4 is 15.9 Å². The van der Waals surface area contributed by atoms with E-state index in [9.17, 15) is 4.39 Å². The summed E-state index contributed by atoms with van der Waals surface area (Å²) in [4.78, 5) is 0. The number of nitrogens with one attached hydrogen (secondary N) is 1. The Labute approximate surface area is 122 Å². The van der Waals surface area contributed by atoms with Crippen LogP contribution in [0.15, 0.2) is 22.7 Å². The zero-order valence-corrected chi connectivity index (χ0v) is 12.9. The van der Waals surface area contributed by atoms with E-state index in [4.69, 9.17) is 4.74 Å². The lowest BCUT2D eigenvalue weighted by molar-refractivity contribution is -0.0296. The molecular formula is C15H21BrFNO. The molecule has 0 aliphatic carbocycles. The first-order valence-corrected chi connectivity index (χ1v) is 7.79. The van der Waals surface area contributed by atoms with Crippen molar-refractivity contribution in [1.82, 2.24) is 5.32 Å². The molecule has 2 nitrogen and oxygen atoms in total. The van der Waals surface area contributed by atoms with Crippen molar-refractivity contribution in [3.63, 3.8) is 0 Å². The lowest BCUT2D eigenvalue weighted by atomic mass is 9.89. The molecule has 1 fully saturated rings. The molecule has 4 heteroatoms. The second-order valence-corrected chi connectivity index (χ2v) is 5.98. The molecule has 1 aromatic carbocycles. The number of benzene rings is 1. The highest BCUT2D eigenvalue weighted by Crippen LogP contribution is 2.35. The van der Waals surface area contributed by atoms with Gasteiger partial charge >= 0.3 is 0 Å². The van der Waals surface area contributed by atoms with Crippen molar-refractivity contribution in [2.24, 2.45) is 5.92 Å². The minimum atomic E-state index is -0.179. The van der Waals surface area contributed by atoms with E-state index >= 15 is 0 Å². The first kappa shape index (κ1) is 14.9. The van der Waals surface area contributed by atoms with Gasteiger partial charge in [0.05, 0.1) is 6.10 Å². The van der Waals surface area contributed by atoms with Gasteiger partial charge in [0.1, 0.15) is 5.82 Å². The lowest BCUT2D eigenvalue weighted by Crippen LogP contribution is -2.32. The monoisotopic (exact) mass is 329 g/mol. The van der Waals surface area contributed by atoms with Gasteiger partial charge in [-0.2, -0.15) is 0 Å². The molecule has 1 aromatic rings. The molecule has 106 valence electrons. The average molecular weight is 330 g/mol. The third-order valence-electron chi connectivity index (χ3n) is 3.55. The fourth-order valence-electron chi connectivity index (χ4n) is 2.59. The maximum atomic E-state index is 14.1. The Kier molecular flexibility index (Phi) is 5.79. The van der Waals surface area contributed by atoms with Gasteiger partial charge in [-0.05, 0) is 37.9 Å². The largest absolute Gasteiger partial charge is 0.373 e. The highest BCUT2D eigenvalue weighted by Gasteiger charge is 2.29. The third kappa shape index (κ3) is 4.01.